The van der Waals surface area contributed by atoms with E-state index in [1.54, 1.807) is 13.8 Å². The summed E-state index contributed by atoms with van der Waals surface area (Å²) in [6, 6.07) is 0. The number of aliphatic carboxylic acids is 1. The van der Waals surface area contributed by atoms with E-state index < -0.39 is 17.9 Å². The molecule has 0 aliphatic rings. The number of rotatable bonds is 5. The molecule has 0 fully saturated rings. The molecule has 0 heterocycles. The Morgan fingerprint density at radius 3 is 1.50 bits per heavy atom. The molecule has 0 unspecified atom stereocenters. The van der Waals surface area contributed by atoms with Crippen molar-refractivity contribution in [2.45, 2.75) is 20.8 Å². The molecule has 0 aromatic heterocycles. The highest BCUT2D eigenvalue weighted by molar-refractivity contribution is 5.91. The number of carbonyl (C=O) groups is 3. The Morgan fingerprint density at radius 1 is 1.06 bits per heavy atom. The van der Waals surface area contributed by atoms with E-state index in [1.807, 2.05) is 0 Å². The van der Waals surface area contributed by atoms with E-state index in [1.165, 1.54) is 6.92 Å². The molecular formula is C12H18O6. The molecule has 0 radical (unpaired) electrons. The third-order valence-electron chi connectivity index (χ3n) is 1.29. The van der Waals surface area contributed by atoms with Gasteiger partial charge in [-0.3, -0.25) is 0 Å². The Labute approximate surface area is 106 Å². The van der Waals surface area contributed by atoms with E-state index in [4.69, 9.17) is 5.11 Å². The minimum Gasteiger partial charge on any atom is -0.478 e. The minimum absolute atomic E-state index is 0.176. The second-order valence-corrected chi connectivity index (χ2v) is 2.92. The molecule has 1 N–H and O–H groups in total. The molecule has 0 rings (SSSR count). The lowest BCUT2D eigenvalue weighted by Crippen LogP contribution is -2.03. The predicted molar refractivity (Wildman–Crippen MR) is 64.9 cm³/mol. The van der Waals surface area contributed by atoms with Crippen molar-refractivity contribution in [2.24, 2.45) is 0 Å². The standard InChI is InChI=1S/C8H12O4.C4H6O2/c1-3-11-7(9)5-6-8(10)12-4-2;1-3(2)4(5)6/h5-6H,3-4H2,1-2H3;1H2,2H3,(H,5,6). The molecule has 6 heteroatoms. The summed E-state index contributed by atoms with van der Waals surface area (Å²) in [4.78, 5) is 30.9. The lowest BCUT2D eigenvalue weighted by atomic mass is 10.4. The summed E-state index contributed by atoms with van der Waals surface area (Å²) in [6.07, 6.45) is 2.09. The van der Waals surface area contributed by atoms with Crippen LogP contribution in [0.1, 0.15) is 20.8 Å². The smallest absolute Gasteiger partial charge is 0.330 e. The summed E-state index contributed by atoms with van der Waals surface area (Å²) in [6.45, 7) is 8.58. The molecule has 0 aliphatic carbocycles. The van der Waals surface area contributed by atoms with Crippen LogP contribution in [-0.2, 0) is 23.9 Å². The zero-order chi connectivity index (χ0) is 14.6. The first-order valence-electron chi connectivity index (χ1n) is 5.25. The molecule has 0 atom stereocenters. The number of carbonyl (C=O) groups excluding carboxylic acids is 2. The van der Waals surface area contributed by atoms with Crippen molar-refractivity contribution in [3.8, 4) is 0 Å². The van der Waals surface area contributed by atoms with Crippen molar-refractivity contribution in [1.29, 1.82) is 0 Å². The quantitative estimate of drug-likeness (QED) is 0.590. The van der Waals surface area contributed by atoms with E-state index >= 15 is 0 Å². The maximum absolute atomic E-state index is 10.6. The molecule has 102 valence electrons. The van der Waals surface area contributed by atoms with Gasteiger partial charge in [-0.15, -0.1) is 0 Å². The molecule has 0 saturated carbocycles. The van der Waals surface area contributed by atoms with Crippen LogP contribution in [0.5, 0.6) is 0 Å². The number of ether oxygens (including phenoxy) is 2. The maximum Gasteiger partial charge on any atom is 0.330 e. The van der Waals surface area contributed by atoms with Gasteiger partial charge >= 0.3 is 17.9 Å². The largest absolute Gasteiger partial charge is 0.478 e. The van der Waals surface area contributed by atoms with Crippen molar-refractivity contribution in [3.63, 3.8) is 0 Å². The highest BCUT2D eigenvalue weighted by atomic mass is 16.5. The zero-order valence-electron chi connectivity index (χ0n) is 10.8. The van der Waals surface area contributed by atoms with Gasteiger partial charge in [0.1, 0.15) is 0 Å². The second-order valence-electron chi connectivity index (χ2n) is 2.92. The third kappa shape index (κ3) is 13.9. The summed E-state index contributed by atoms with van der Waals surface area (Å²) in [5.74, 6) is -2.01. The number of hydrogen-bond acceptors (Lipinski definition) is 5. The van der Waals surface area contributed by atoms with E-state index in [-0.39, 0.29) is 5.57 Å². The van der Waals surface area contributed by atoms with Crippen molar-refractivity contribution in [3.05, 3.63) is 24.3 Å². The van der Waals surface area contributed by atoms with E-state index in [9.17, 15) is 14.4 Å². The molecule has 6 nitrogen and oxygen atoms in total. The van der Waals surface area contributed by atoms with Crippen LogP contribution in [-0.4, -0.2) is 36.2 Å². The Balaban J connectivity index is 0. The van der Waals surface area contributed by atoms with Crippen molar-refractivity contribution >= 4 is 17.9 Å². The monoisotopic (exact) mass is 258 g/mol. The van der Waals surface area contributed by atoms with Crippen LogP contribution in [0.3, 0.4) is 0 Å². The SMILES string of the molecule is C=C(C)C(=O)O.CCOC(=O)C=CC(=O)OCC. The Kier molecular flexibility index (Phi) is 11.5. The van der Waals surface area contributed by atoms with Crippen LogP contribution in [0.4, 0.5) is 0 Å². The molecule has 0 aromatic carbocycles. The summed E-state index contributed by atoms with van der Waals surface area (Å²) in [5, 5.41) is 7.89. The number of hydrogen-bond donors (Lipinski definition) is 1. The van der Waals surface area contributed by atoms with Gasteiger partial charge in [-0.2, -0.15) is 0 Å². The van der Waals surface area contributed by atoms with Gasteiger partial charge in [0, 0.05) is 17.7 Å². The van der Waals surface area contributed by atoms with E-state index in [0.717, 1.165) is 12.2 Å². The first kappa shape index (κ1) is 18.3. The Hall–Kier alpha value is -2.11. The first-order valence-corrected chi connectivity index (χ1v) is 5.25. The van der Waals surface area contributed by atoms with Gasteiger partial charge in [0.25, 0.3) is 0 Å². The Morgan fingerprint density at radius 2 is 1.33 bits per heavy atom. The fourth-order valence-corrected chi connectivity index (χ4v) is 0.517. The normalized spacial score (nSPS) is 9.06. The molecular weight excluding hydrogens is 240 g/mol. The lowest BCUT2D eigenvalue weighted by Gasteiger charge is -1.95. The van der Waals surface area contributed by atoms with Crippen molar-refractivity contribution in [2.75, 3.05) is 13.2 Å². The Bertz CT molecular complexity index is 297. The summed E-state index contributed by atoms with van der Waals surface area (Å²) < 4.78 is 9.07. The van der Waals surface area contributed by atoms with Crippen LogP contribution in [0, 0.1) is 0 Å². The fraction of sp³-hybridized carbons (Fsp3) is 0.417. The molecule has 0 bridgehead atoms. The van der Waals surface area contributed by atoms with Gasteiger partial charge < -0.3 is 14.6 Å². The summed E-state index contributed by atoms with van der Waals surface area (Å²) in [5.41, 5.74) is 0.176. The van der Waals surface area contributed by atoms with Crippen LogP contribution in [0.25, 0.3) is 0 Å². The minimum atomic E-state index is -0.935. The van der Waals surface area contributed by atoms with Gasteiger partial charge in [0.15, 0.2) is 0 Å². The average molecular weight is 258 g/mol. The lowest BCUT2D eigenvalue weighted by molar-refractivity contribution is -0.140. The number of esters is 2. The zero-order valence-corrected chi connectivity index (χ0v) is 10.8. The highest BCUT2D eigenvalue weighted by Gasteiger charge is 1.97. The molecule has 0 aromatic rings. The number of carboxylic acid groups (broad SMARTS) is 1. The predicted octanol–water partition coefficient (Wildman–Crippen LogP) is 1.32. The molecule has 18 heavy (non-hydrogen) atoms. The fourth-order valence-electron chi connectivity index (χ4n) is 0.517. The van der Waals surface area contributed by atoms with Gasteiger partial charge in [0.05, 0.1) is 13.2 Å². The van der Waals surface area contributed by atoms with Crippen LogP contribution in [0.2, 0.25) is 0 Å². The first-order chi connectivity index (χ1) is 8.34. The highest BCUT2D eigenvalue weighted by Crippen LogP contribution is 1.84. The van der Waals surface area contributed by atoms with Crippen LogP contribution >= 0.6 is 0 Å². The van der Waals surface area contributed by atoms with Crippen molar-refractivity contribution < 1.29 is 29.0 Å². The van der Waals surface area contributed by atoms with Gasteiger partial charge in [0.2, 0.25) is 0 Å². The maximum atomic E-state index is 10.6. The van der Waals surface area contributed by atoms with E-state index in [2.05, 4.69) is 16.1 Å². The van der Waals surface area contributed by atoms with Crippen molar-refractivity contribution in [1.82, 2.24) is 0 Å². The van der Waals surface area contributed by atoms with Gasteiger partial charge in [-0.1, -0.05) is 6.58 Å². The molecule has 0 amide bonds. The van der Waals surface area contributed by atoms with Gasteiger partial charge in [-0.25, -0.2) is 14.4 Å². The van der Waals surface area contributed by atoms with Crippen LogP contribution < -0.4 is 0 Å². The third-order valence-corrected chi connectivity index (χ3v) is 1.29. The average Bonchev–Trinajstić information content (AvgIpc) is 2.28. The van der Waals surface area contributed by atoms with Crippen LogP contribution in [0.15, 0.2) is 24.3 Å². The summed E-state index contributed by atoms with van der Waals surface area (Å²) >= 11 is 0. The topological polar surface area (TPSA) is 89.9 Å². The molecule has 0 saturated heterocycles. The van der Waals surface area contributed by atoms with Gasteiger partial charge in [-0.05, 0) is 20.8 Å². The van der Waals surface area contributed by atoms with E-state index in [0.29, 0.717) is 13.2 Å². The second kappa shape index (κ2) is 11.4. The number of carboxylic acids is 1. The summed E-state index contributed by atoms with van der Waals surface area (Å²) in [7, 11) is 0. The molecule has 0 spiro atoms. The molecule has 0 aliphatic heterocycles.